The van der Waals surface area contributed by atoms with Crippen LogP contribution in [0.5, 0.6) is 5.75 Å². The Morgan fingerprint density at radius 3 is 2.76 bits per heavy atom. The summed E-state index contributed by atoms with van der Waals surface area (Å²) in [4.78, 5) is 0.145. The smallest absolute Gasteiger partial charge is 0.244 e. The van der Waals surface area contributed by atoms with Gasteiger partial charge in [-0.1, -0.05) is 6.42 Å². The molecule has 0 aromatic heterocycles. The molecule has 116 valence electrons. The summed E-state index contributed by atoms with van der Waals surface area (Å²) in [5.74, 6) is 1.54. The molecule has 1 aromatic carbocycles. The minimum atomic E-state index is -3.60. The van der Waals surface area contributed by atoms with E-state index in [1.807, 2.05) is 6.92 Å². The van der Waals surface area contributed by atoms with Crippen LogP contribution >= 0.6 is 0 Å². The zero-order chi connectivity index (χ0) is 15.0. The first-order valence-electron chi connectivity index (χ1n) is 7.54. The van der Waals surface area contributed by atoms with Crippen LogP contribution < -0.4 is 15.2 Å². The molecule has 2 fully saturated rings. The average Bonchev–Trinajstić information content (AvgIpc) is 3.03. The van der Waals surface area contributed by atoms with Crippen LogP contribution in [0.3, 0.4) is 0 Å². The van der Waals surface area contributed by atoms with E-state index in [2.05, 4.69) is 4.72 Å². The van der Waals surface area contributed by atoms with Gasteiger partial charge in [-0.05, 0) is 56.2 Å². The van der Waals surface area contributed by atoms with Crippen molar-refractivity contribution in [2.45, 2.75) is 43.5 Å². The lowest BCUT2D eigenvalue weighted by Gasteiger charge is -2.23. The van der Waals surface area contributed by atoms with Crippen LogP contribution in [0.25, 0.3) is 0 Å². The summed E-state index contributed by atoms with van der Waals surface area (Å²) in [6.07, 6.45) is 4.48. The molecule has 3 rings (SSSR count). The maximum absolute atomic E-state index is 12.7. The Balaban J connectivity index is 1.86. The van der Waals surface area contributed by atoms with E-state index in [0.717, 1.165) is 19.3 Å². The van der Waals surface area contributed by atoms with E-state index < -0.39 is 10.0 Å². The third kappa shape index (κ3) is 2.87. The molecule has 2 aliphatic rings. The molecule has 3 unspecified atom stereocenters. The Labute approximate surface area is 125 Å². The fraction of sp³-hybridized carbons (Fsp3) is 0.600. The van der Waals surface area contributed by atoms with Gasteiger partial charge in [-0.2, -0.15) is 0 Å². The van der Waals surface area contributed by atoms with E-state index in [1.54, 1.807) is 12.1 Å². The number of fused-ring (bicyclic) bond motifs is 2. The summed E-state index contributed by atoms with van der Waals surface area (Å²) >= 11 is 0. The van der Waals surface area contributed by atoms with Crippen LogP contribution in [0.2, 0.25) is 0 Å². The molecule has 5 nitrogen and oxygen atoms in total. The molecule has 0 amide bonds. The van der Waals surface area contributed by atoms with Crippen LogP contribution in [-0.4, -0.2) is 21.1 Å². The topological polar surface area (TPSA) is 81.4 Å². The van der Waals surface area contributed by atoms with Crippen molar-refractivity contribution in [1.29, 1.82) is 0 Å². The number of rotatable bonds is 5. The third-order valence-corrected chi connectivity index (χ3v) is 6.11. The zero-order valence-corrected chi connectivity index (χ0v) is 13.0. The molecule has 0 saturated heterocycles. The molecular formula is C15H22N2O3S. The van der Waals surface area contributed by atoms with Gasteiger partial charge in [0.05, 0.1) is 6.61 Å². The maximum atomic E-state index is 12.7. The van der Waals surface area contributed by atoms with Gasteiger partial charge >= 0.3 is 0 Å². The number of hydrogen-bond acceptors (Lipinski definition) is 4. The van der Waals surface area contributed by atoms with Crippen LogP contribution in [0.4, 0.5) is 5.69 Å². The fourth-order valence-electron chi connectivity index (χ4n) is 3.66. The van der Waals surface area contributed by atoms with E-state index in [1.165, 1.54) is 12.5 Å². The van der Waals surface area contributed by atoms with Crippen LogP contribution in [-0.2, 0) is 10.0 Å². The van der Waals surface area contributed by atoms with Gasteiger partial charge in [0.25, 0.3) is 0 Å². The number of anilines is 1. The zero-order valence-electron chi connectivity index (χ0n) is 12.2. The van der Waals surface area contributed by atoms with Crippen molar-refractivity contribution in [3.8, 4) is 5.75 Å². The van der Waals surface area contributed by atoms with Gasteiger partial charge in [-0.25, -0.2) is 13.1 Å². The summed E-state index contributed by atoms with van der Waals surface area (Å²) in [5, 5.41) is 0. The first-order chi connectivity index (χ1) is 9.99. The van der Waals surface area contributed by atoms with Crippen molar-refractivity contribution < 1.29 is 13.2 Å². The summed E-state index contributed by atoms with van der Waals surface area (Å²) in [7, 11) is -3.60. The van der Waals surface area contributed by atoms with Crippen molar-refractivity contribution >= 4 is 15.7 Å². The number of ether oxygens (including phenoxy) is 1. The molecule has 21 heavy (non-hydrogen) atoms. The third-order valence-electron chi connectivity index (χ3n) is 4.60. The number of nitrogens with one attached hydrogen (secondary N) is 1. The predicted octanol–water partition coefficient (Wildman–Crippen LogP) is 2.13. The Morgan fingerprint density at radius 1 is 1.33 bits per heavy atom. The monoisotopic (exact) mass is 310 g/mol. The first-order valence-corrected chi connectivity index (χ1v) is 9.02. The second kappa shape index (κ2) is 5.50. The SMILES string of the molecule is CCOc1ccc(N)cc1S(=O)(=O)NC1CC2CCC1C2. The molecule has 0 aliphatic heterocycles. The van der Waals surface area contributed by atoms with Gasteiger partial charge in [-0.3, -0.25) is 0 Å². The van der Waals surface area contributed by atoms with Crippen LogP contribution in [0.15, 0.2) is 23.1 Å². The molecule has 0 radical (unpaired) electrons. The Bertz CT molecular complexity index is 630. The molecule has 2 bridgehead atoms. The lowest BCUT2D eigenvalue weighted by Crippen LogP contribution is -2.38. The maximum Gasteiger partial charge on any atom is 0.244 e. The van der Waals surface area contributed by atoms with Crippen molar-refractivity contribution in [3.05, 3.63) is 18.2 Å². The van der Waals surface area contributed by atoms with Gasteiger partial charge in [-0.15, -0.1) is 0 Å². The molecule has 3 N–H and O–H groups in total. The molecule has 0 spiro atoms. The molecule has 2 saturated carbocycles. The van der Waals surface area contributed by atoms with Crippen molar-refractivity contribution in [3.63, 3.8) is 0 Å². The van der Waals surface area contributed by atoms with E-state index >= 15 is 0 Å². The minimum Gasteiger partial charge on any atom is -0.492 e. The lowest BCUT2D eigenvalue weighted by molar-refractivity contribution is 0.330. The van der Waals surface area contributed by atoms with Gasteiger partial charge in [0.2, 0.25) is 10.0 Å². The predicted molar refractivity (Wildman–Crippen MR) is 81.6 cm³/mol. The number of hydrogen-bond donors (Lipinski definition) is 2. The molecule has 3 atom stereocenters. The molecule has 1 aromatic rings. The van der Waals surface area contributed by atoms with E-state index in [-0.39, 0.29) is 10.9 Å². The average molecular weight is 310 g/mol. The Morgan fingerprint density at radius 2 is 2.14 bits per heavy atom. The summed E-state index contributed by atoms with van der Waals surface area (Å²) in [5.41, 5.74) is 6.16. The number of nitrogen functional groups attached to an aromatic ring is 1. The highest BCUT2D eigenvalue weighted by molar-refractivity contribution is 7.89. The highest BCUT2D eigenvalue weighted by Crippen LogP contribution is 2.45. The van der Waals surface area contributed by atoms with Crippen molar-refractivity contribution in [1.82, 2.24) is 4.72 Å². The van der Waals surface area contributed by atoms with E-state index in [9.17, 15) is 8.42 Å². The van der Waals surface area contributed by atoms with Crippen LogP contribution in [0, 0.1) is 11.8 Å². The minimum absolute atomic E-state index is 0.0599. The summed E-state index contributed by atoms with van der Waals surface area (Å²) < 4.78 is 33.6. The fourth-order valence-corrected chi connectivity index (χ4v) is 5.16. The van der Waals surface area contributed by atoms with Gasteiger partial charge in [0.15, 0.2) is 0 Å². The quantitative estimate of drug-likeness (QED) is 0.816. The Hall–Kier alpha value is -1.27. The summed E-state index contributed by atoms with van der Waals surface area (Å²) in [6, 6.07) is 4.81. The lowest BCUT2D eigenvalue weighted by atomic mass is 9.96. The van der Waals surface area contributed by atoms with Gasteiger partial charge in [0.1, 0.15) is 10.6 Å². The second-order valence-corrected chi connectivity index (χ2v) is 7.72. The second-order valence-electron chi connectivity index (χ2n) is 6.04. The normalized spacial score (nSPS) is 28.0. The molecular weight excluding hydrogens is 288 g/mol. The standard InChI is InChI=1S/C15H22N2O3S/c1-2-20-14-6-5-12(16)9-15(14)21(18,19)17-13-8-10-3-4-11(13)7-10/h5-6,9-11,13,17H,2-4,7-8,16H2,1H3. The molecule has 0 heterocycles. The van der Waals surface area contributed by atoms with E-state index in [0.29, 0.717) is 29.9 Å². The number of benzene rings is 1. The van der Waals surface area contributed by atoms with E-state index in [4.69, 9.17) is 10.5 Å². The number of sulfonamides is 1. The van der Waals surface area contributed by atoms with Crippen molar-refractivity contribution in [2.75, 3.05) is 12.3 Å². The number of nitrogens with two attached hydrogens (primary N) is 1. The first kappa shape index (κ1) is 14.7. The van der Waals surface area contributed by atoms with Gasteiger partial charge < -0.3 is 10.5 Å². The highest BCUT2D eigenvalue weighted by atomic mass is 32.2. The van der Waals surface area contributed by atoms with Gasteiger partial charge in [0, 0.05) is 11.7 Å². The van der Waals surface area contributed by atoms with Crippen molar-refractivity contribution in [2.24, 2.45) is 11.8 Å². The largest absolute Gasteiger partial charge is 0.492 e. The summed E-state index contributed by atoms with van der Waals surface area (Å²) in [6.45, 7) is 2.25. The Kier molecular flexibility index (Phi) is 3.84. The molecule has 6 heteroatoms. The van der Waals surface area contributed by atoms with Crippen LogP contribution in [0.1, 0.15) is 32.6 Å². The highest BCUT2D eigenvalue weighted by Gasteiger charge is 2.41. The molecule has 2 aliphatic carbocycles.